The number of hydrogen-bond donors (Lipinski definition) is 1. The molecule has 2 bridgehead atoms. The maximum Gasteiger partial charge on any atom is 0.0973 e. The van der Waals surface area contributed by atoms with Crippen molar-refractivity contribution in [2.45, 2.75) is 93.3 Å². The van der Waals surface area contributed by atoms with Gasteiger partial charge < -0.3 is 9.84 Å². The smallest absolute Gasteiger partial charge is 0.0973 e. The molecule has 2 heteroatoms. The number of allylic oxidation sites excluding steroid dienone is 3. The molecule has 0 radical (unpaired) electrons. The zero-order valence-corrected chi connectivity index (χ0v) is 26.9. The van der Waals surface area contributed by atoms with Crippen LogP contribution in [0.3, 0.4) is 0 Å². The van der Waals surface area contributed by atoms with Crippen LogP contribution in [0.15, 0.2) is 49.3 Å². The Morgan fingerprint density at radius 1 is 1.07 bits per heavy atom. The lowest BCUT2D eigenvalue weighted by Crippen LogP contribution is -2.36. The topological polar surface area (TPSA) is 29.5 Å². The fraction of sp³-hybridized carbons (Fsp3) is 0.436. The lowest BCUT2D eigenvalue weighted by atomic mass is 9.74. The Kier molecular flexibility index (Phi) is 11.2. The van der Waals surface area contributed by atoms with E-state index in [9.17, 15) is 5.11 Å². The van der Waals surface area contributed by atoms with Crippen molar-refractivity contribution in [1.82, 2.24) is 0 Å². The summed E-state index contributed by atoms with van der Waals surface area (Å²) in [6.07, 6.45) is 26.4. The van der Waals surface area contributed by atoms with Crippen molar-refractivity contribution in [3.63, 3.8) is 0 Å². The van der Waals surface area contributed by atoms with Crippen molar-refractivity contribution in [2.75, 3.05) is 0 Å². The van der Waals surface area contributed by atoms with Gasteiger partial charge in [0.05, 0.1) is 18.0 Å². The van der Waals surface area contributed by atoms with Gasteiger partial charge in [-0.1, -0.05) is 95.4 Å². The van der Waals surface area contributed by atoms with Gasteiger partial charge in [0.25, 0.3) is 0 Å². The maximum absolute atomic E-state index is 12.0. The number of rotatable bonds is 9. The van der Waals surface area contributed by atoms with Crippen LogP contribution >= 0.6 is 0 Å². The molecule has 4 atom stereocenters. The molecule has 2 aromatic rings. The first-order valence-corrected chi connectivity index (χ1v) is 15.5. The molecule has 220 valence electrons. The molecule has 2 nitrogen and oxygen atoms in total. The van der Waals surface area contributed by atoms with Crippen LogP contribution in [0.25, 0.3) is 41.2 Å². The lowest BCUT2D eigenvalue weighted by molar-refractivity contribution is 0.0400. The summed E-state index contributed by atoms with van der Waals surface area (Å²) in [7, 11) is 0. The molecule has 0 aromatic heterocycles. The van der Waals surface area contributed by atoms with Gasteiger partial charge in [-0.2, -0.15) is 0 Å². The molecule has 1 aliphatic carbocycles. The molecule has 0 aliphatic heterocycles. The molecule has 0 spiro atoms. The predicted octanol–water partition coefficient (Wildman–Crippen LogP) is 11.0. The highest BCUT2D eigenvalue weighted by molar-refractivity contribution is 6.09. The molecular weight excluding hydrogens is 500 g/mol. The van der Waals surface area contributed by atoms with E-state index in [4.69, 9.17) is 4.74 Å². The Morgan fingerprint density at radius 2 is 1.76 bits per heavy atom. The second kappa shape index (κ2) is 14.2. The molecule has 1 N–H and O–H groups in total. The number of ether oxygens (including phenoxy) is 1. The summed E-state index contributed by atoms with van der Waals surface area (Å²) in [4.78, 5) is 0. The quantitative estimate of drug-likeness (QED) is 0.248. The summed E-state index contributed by atoms with van der Waals surface area (Å²) >= 11 is 0. The van der Waals surface area contributed by atoms with Crippen molar-refractivity contribution < 1.29 is 9.84 Å². The third kappa shape index (κ3) is 7.04. The third-order valence-corrected chi connectivity index (χ3v) is 8.97. The Balaban J connectivity index is 2.49. The summed E-state index contributed by atoms with van der Waals surface area (Å²) in [6, 6.07) is 2.25. The van der Waals surface area contributed by atoms with Gasteiger partial charge in [0, 0.05) is 5.92 Å². The molecule has 2 aromatic carbocycles. The molecule has 41 heavy (non-hydrogen) atoms. The van der Waals surface area contributed by atoms with Crippen molar-refractivity contribution in [1.29, 1.82) is 0 Å². The van der Waals surface area contributed by atoms with Gasteiger partial charge in [0.2, 0.25) is 0 Å². The Bertz CT molecular complexity index is 1380. The zero-order valence-electron chi connectivity index (χ0n) is 26.9. The van der Waals surface area contributed by atoms with Gasteiger partial charge in [-0.15, -0.1) is 0 Å². The first kappa shape index (κ1) is 32.4. The number of benzene rings is 2. The largest absolute Gasteiger partial charge is 0.498 e. The van der Waals surface area contributed by atoms with E-state index in [1.165, 1.54) is 38.6 Å². The molecule has 0 saturated heterocycles. The molecular formula is C39H52O2. The van der Waals surface area contributed by atoms with E-state index in [1.54, 1.807) is 0 Å². The van der Waals surface area contributed by atoms with Crippen LogP contribution in [0.5, 0.6) is 0 Å². The SMILES string of the molecule is C=Cc1cc2c3c(/C=C\OC(C)C(C)C)c(C)c(C)c(/C=C\C)c3c1/C=C\C(C)(O)C(C=CCC)C(CC)CC=C2. The predicted molar refractivity (Wildman–Crippen MR) is 183 cm³/mol. The van der Waals surface area contributed by atoms with Gasteiger partial charge in [0.1, 0.15) is 0 Å². The minimum Gasteiger partial charge on any atom is -0.498 e. The van der Waals surface area contributed by atoms with Crippen LogP contribution in [0.1, 0.15) is 107 Å². The highest BCUT2D eigenvalue weighted by Crippen LogP contribution is 2.41. The second-order valence-corrected chi connectivity index (χ2v) is 12.1. The van der Waals surface area contributed by atoms with Gasteiger partial charge in [-0.25, -0.2) is 0 Å². The van der Waals surface area contributed by atoms with Gasteiger partial charge in [-0.3, -0.25) is 0 Å². The summed E-state index contributed by atoms with van der Waals surface area (Å²) < 4.78 is 6.12. The summed E-state index contributed by atoms with van der Waals surface area (Å²) in [5.74, 6) is 0.770. The minimum atomic E-state index is -1.01. The zero-order chi connectivity index (χ0) is 30.3. The third-order valence-electron chi connectivity index (χ3n) is 8.97. The van der Waals surface area contributed by atoms with Crippen LogP contribution in [-0.2, 0) is 4.74 Å². The summed E-state index contributed by atoms with van der Waals surface area (Å²) in [6.45, 7) is 23.5. The fourth-order valence-electron chi connectivity index (χ4n) is 5.95. The van der Waals surface area contributed by atoms with Crippen LogP contribution in [0.4, 0.5) is 0 Å². The first-order valence-electron chi connectivity index (χ1n) is 15.5. The van der Waals surface area contributed by atoms with E-state index in [-0.39, 0.29) is 12.0 Å². The Hall–Kier alpha value is -3.10. The van der Waals surface area contributed by atoms with E-state index in [1.807, 2.05) is 25.3 Å². The highest BCUT2D eigenvalue weighted by atomic mass is 16.5. The highest BCUT2D eigenvalue weighted by Gasteiger charge is 2.33. The van der Waals surface area contributed by atoms with Gasteiger partial charge >= 0.3 is 0 Å². The summed E-state index contributed by atoms with van der Waals surface area (Å²) in [5.41, 5.74) is 7.18. The number of hydrogen-bond acceptors (Lipinski definition) is 2. The molecule has 0 amide bonds. The van der Waals surface area contributed by atoms with E-state index in [0.29, 0.717) is 11.8 Å². The number of aliphatic hydroxyl groups is 1. The molecule has 0 heterocycles. The van der Waals surface area contributed by atoms with Crippen LogP contribution in [0, 0.1) is 31.6 Å². The lowest BCUT2D eigenvalue weighted by Gasteiger charge is -2.34. The Morgan fingerprint density at radius 3 is 2.34 bits per heavy atom. The minimum absolute atomic E-state index is 0.0147. The van der Waals surface area contributed by atoms with Crippen molar-refractivity contribution >= 4 is 41.2 Å². The van der Waals surface area contributed by atoms with Crippen molar-refractivity contribution in [2.24, 2.45) is 17.8 Å². The average molecular weight is 553 g/mol. The molecule has 1 aliphatic rings. The van der Waals surface area contributed by atoms with E-state index in [0.717, 1.165) is 30.4 Å². The fourth-order valence-corrected chi connectivity index (χ4v) is 5.95. The molecule has 0 fully saturated rings. The van der Waals surface area contributed by atoms with Gasteiger partial charge in [0.15, 0.2) is 0 Å². The average Bonchev–Trinajstić information content (AvgIpc) is 2.94. The van der Waals surface area contributed by atoms with Gasteiger partial charge in [-0.05, 0) is 121 Å². The van der Waals surface area contributed by atoms with E-state index in [2.05, 4.69) is 117 Å². The Labute approximate surface area is 249 Å². The molecule has 3 rings (SSSR count). The van der Waals surface area contributed by atoms with Crippen LogP contribution < -0.4 is 0 Å². The second-order valence-electron chi connectivity index (χ2n) is 12.1. The summed E-state index contributed by atoms with van der Waals surface area (Å²) in [5, 5.41) is 14.3. The monoisotopic (exact) mass is 552 g/mol. The van der Waals surface area contributed by atoms with E-state index < -0.39 is 5.60 Å². The van der Waals surface area contributed by atoms with Crippen molar-refractivity contribution in [3.8, 4) is 0 Å². The maximum atomic E-state index is 12.0. The standard InChI is InChI=1S/C39H52O2/c1-11-15-20-36-30(13-3)18-16-19-32-25-31(14-4)35(21-23-39(36,10)40)38-33(17-12-2)27(7)28(8)34(37(32)38)22-24-41-29(9)26(5)6/h12,14-17,19-26,29-30,36,40H,4,11,13,18H2,1-3,5-10H3/b17-12-,19-16?,20-15?,23-21-,24-22-. The normalized spacial score (nSPS) is 23.1. The van der Waals surface area contributed by atoms with Crippen molar-refractivity contribution in [3.05, 3.63) is 88.2 Å². The van der Waals surface area contributed by atoms with E-state index >= 15 is 0 Å². The molecule has 0 saturated carbocycles. The van der Waals surface area contributed by atoms with Crippen LogP contribution in [-0.4, -0.2) is 16.8 Å². The molecule has 4 unspecified atom stereocenters. The first-order chi connectivity index (χ1) is 19.5. The van der Waals surface area contributed by atoms with Crippen LogP contribution in [0.2, 0.25) is 0 Å².